The van der Waals surface area contributed by atoms with Gasteiger partial charge in [-0.3, -0.25) is 0 Å². The fourth-order valence-corrected chi connectivity index (χ4v) is 7.42. The van der Waals surface area contributed by atoms with Gasteiger partial charge in [0, 0.05) is 53.2 Å². The zero-order valence-electron chi connectivity index (χ0n) is 17.2. The van der Waals surface area contributed by atoms with E-state index in [1.54, 1.807) is 0 Å². The number of nitrogens with one attached hydrogen (secondary N) is 1. The van der Waals surface area contributed by atoms with Gasteiger partial charge in [0.2, 0.25) is 0 Å². The lowest BCUT2D eigenvalue weighted by molar-refractivity contribution is -0.776. The number of hydrogen-bond donors (Lipinski definition) is 1. The smallest absolute Gasteiger partial charge is 0.169 e. The standard InChI is InChI=1S/C27H26N2.BrH/c1-2-7-25-23(4-1)24-6-3-5-22(26(24)28-25)21-8-10-29(11-9-21)27-15-18-12-19(16-27)14-20(13-18)17-27;/h1-11,18-20H,12-17H2;1H. The summed E-state index contributed by atoms with van der Waals surface area (Å²) < 4.78 is 2.59. The van der Waals surface area contributed by atoms with Crippen LogP contribution in [0.1, 0.15) is 38.5 Å². The summed E-state index contributed by atoms with van der Waals surface area (Å²) in [5, 5.41) is 2.62. The van der Waals surface area contributed by atoms with Crippen molar-refractivity contribution in [3.63, 3.8) is 0 Å². The lowest BCUT2D eigenvalue weighted by atomic mass is 9.53. The molecule has 4 saturated carbocycles. The molecule has 0 saturated heterocycles. The van der Waals surface area contributed by atoms with Gasteiger partial charge in [-0.05, 0) is 48.6 Å². The van der Waals surface area contributed by atoms with Gasteiger partial charge in [-0.2, -0.15) is 4.57 Å². The third-order valence-electron chi connectivity index (χ3n) is 8.24. The zero-order valence-corrected chi connectivity index (χ0v) is 18.7. The van der Waals surface area contributed by atoms with E-state index in [2.05, 4.69) is 76.5 Å². The molecule has 30 heavy (non-hydrogen) atoms. The summed E-state index contributed by atoms with van der Waals surface area (Å²) in [7, 11) is 0. The third-order valence-corrected chi connectivity index (χ3v) is 8.24. The molecule has 2 aromatic carbocycles. The first-order chi connectivity index (χ1) is 14.3. The molecular formula is C27H27BrN2. The molecule has 0 amide bonds. The van der Waals surface area contributed by atoms with Crippen molar-refractivity contribution in [1.29, 1.82) is 0 Å². The minimum absolute atomic E-state index is 0. The van der Waals surface area contributed by atoms with Gasteiger partial charge in [0.1, 0.15) is 0 Å². The van der Waals surface area contributed by atoms with Gasteiger partial charge >= 0.3 is 0 Å². The molecular weight excluding hydrogens is 432 g/mol. The van der Waals surface area contributed by atoms with E-state index in [0.29, 0.717) is 5.54 Å². The maximum Gasteiger partial charge on any atom is 0.169 e. The Labute approximate surface area is 188 Å². The predicted octanol–water partition coefficient (Wildman–Crippen LogP) is 3.20. The molecule has 8 rings (SSSR count). The Morgan fingerprint density at radius 2 is 1.37 bits per heavy atom. The highest BCUT2D eigenvalue weighted by Crippen LogP contribution is 2.56. The topological polar surface area (TPSA) is 19.7 Å². The van der Waals surface area contributed by atoms with Crippen LogP contribution in [0.15, 0.2) is 67.0 Å². The number of aromatic amines is 1. The summed E-state index contributed by atoms with van der Waals surface area (Å²) in [6, 6.07) is 20.0. The average Bonchev–Trinajstić information content (AvgIpc) is 3.12. The van der Waals surface area contributed by atoms with E-state index in [-0.39, 0.29) is 17.0 Å². The van der Waals surface area contributed by atoms with Crippen molar-refractivity contribution < 1.29 is 21.5 Å². The van der Waals surface area contributed by atoms with Crippen LogP contribution in [0.4, 0.5) is 0 Å². The Morgan fingerprint density at radius 3 is 2.07 bits per heavy atom. The van der Waals surface area contributed by atoms with Crippen molar-refractivity contribution in [2.75, 3.05) is 0 Å². The molecule has 0 radical (unpaired) electrons. The predicted molar refractivity (Wildman–Crippen MR) is 118 cm³/mol. The van der Waals surface area contributed by atoms with Crippen molar-refractivity contribution in [3.05, 3.63) is 67.0 Å². The molecule has 0 aliphatic heterocycles. The molecule has 0 unspecified atom stereocenters. The Balaban J connectivity index is 0.00000175. The minimum Gasteiger partial charge on any atom is -1.00 e. The molecule has 4 aliphatic carbocycles. The van der Waals surface area contributed by atoms with Gasteiger partial charge < -0.3 is 22.0 Å². The molecule has 4 fully saturated rings. The second kappa shape index (κ2) is 6.68. The highest BCUT2D eigenvalue weighted by Gasteiger charge is 2.56. The molecule has 4 bridgehead atoms. The monoisotopic (exact) mass is 458 g/mol. The highest BCUT2D eigenvalue weighted by molar-refractivity contribution is 6.11. The van der Waals surface area contributed by atoms with Crippen LogP contribution in [0, 0.1) is 17.8 Å². The SMILES string of the molecule is [Br-].c1ccc2c(c1)[nH]c1c(-c3cc[n+](C45CC6CC(CC(C6)C4)C5)cc3)cccc12. The first kappa shape index (κ1) is 18.6. The van der Waals surface area contributed by atoms with Crippen molar-refractivity contribution in [1.82, 2.24) is 4.98 Å². The largest absolute Gasteiger partial charge is 1.00 e. The number of hydrogen-bond acceptors (Lipinski definition) is 0. The number of benzene rings is 2. The van der Waals surface area contributed by atoms with Crippen LogP contribution < -0.4 is 21.5 Å². The Kier molecular flexibility index (Phi) is 4.15. The number of aromatic nitrogens is 2. The van der Waals surface area contributed by atoms with Crippen LogP contribution in [-0.2, 0) is 5.54 Å². The Bertz CT molecular complexity index is 1200. The van der Waals surface area contributed by atoms with E-state index in [0.717, 1.165) is 17.8 Å². The number of rotatable bonds is 2. The van der Waals surface area contributed by atoms with E-state index in [1.807, 2.05) is 0 Å². The number of H-pyrrole nitrogens is 1. The number of halogens is 1. The summed E-state index contributed by atoms with van der Waals surface area (Å²) in [5.41, 5.74) is 5.48. The molecule has 4 aliphatic rings. The zero-order chi connectivity index (χ0) is 19.0. The van der Waals surface area contributed by atoms with Gasteiger partial charge in [-0.1, -0.05) is 36.4 Å². The van der Waals surface area contributed by atoms with Crippen molar-refractivity contribution >= 4 is 21.8 Å². The van der Waals surface area contributed by atoms with Gasteiger partial charge in [-0.15, -0.1) is 0 Å². The number of pyridine rings is 1. The molecule has 2 nitrogen and oxygen atoms in total. The summed E-state index contributed by atoms with van der Waals surface area (Å²) in [6.45, 7) is 0. The molecule has 3 heteroatoms. The van der Waals surface area contributed by atoms with E-state index in [9.17, 15) is 0 Å². The summed E-state index contributed by atoms with van der Waals surface area (Å²) >= 11 is 0. The Morgan fingerprint density at radius 1 is 0.733 bits per heavy atom. The molecule has 4 aromatic rings. The van der Waals surface area contributed by atoms with Gasteiger partial charge in [0.05, 0.1) is 5.52 Å². The van der Waals surface area contributed by atoms with E-state index in [1.165, 1.54) is 71.5 Å². The quantitative estimate of drug-likeness (QED) is 0.445. The number of nitrogens with zero attached hydrogens (tertiary/aromatic N) is 1. The average molecular weight is 459 g/mol. The minimum atomic E-state index is 0. The fraction of sp³-hybridized carbons (Fsp3) is 0.370. The van der Waals surface area contributed by atoms with E-state index < -0.39 is 0 Å². The van der Waals surface area contributed by atoms with Crippen LogP contribution in [-0.4, -0.2) is 4.98 Å². The van der Waals surface area contributed by atoms with E-state index >= 15 is 0 Å². The molecule has 152 valence electrons. The molecule has 2 heterocycles. The third kappa shape index (κ3) is 2.64. The molecule has 0 spiro atoms. The van der Waals surface area contributed by atoms with E-state index in [4.69, 9.17) is 0 Å². The first-order valence-electron chi connectivity index (χ1n) is 11.3. The summed E-state index contributed by atoms with van der Waals surface area (Å²) in [4.78, 5) is 3.66. The van der Waals surface area contributed by atoms with Gasteiger partial charge in [-0.25, -0.2) is 0 Å². The van der Waals surface area contributed by atoms with Crippen LogP contribution >= 0.6 is 0 Å². The van der Waals surface area contributed by atoms with Crippen LogP contribution in [0.25, 0.3) is 32.9 Å². The maximum absolute atomic E-state index is 3.66. The van der Waals surface area contributed by atoms with Crippen molar-refractivity contribution in [2.24, 2.45) is 17.8 Å². The highest BCUT2D eigenvalue weighted by atomic mass is 79.9. The Hall–Kier alpha value is -2.13. The number of fused-ring (bicyclic) bond motifs is 3. The molecule has 2 aromatic heterocycles. The maximum atomic E-state index is 3.66. The van der Waals surface area contributed by atoms with Gasteiger partial charge in [0.15, 0.2) is 17.9 Å². The second-order valence-corrected chi connectivity index (χ2v) is 10.0. The fourth-order valence-electron chi connectivity index (χ4n) is 7.42. The van der Waals surface area contributed by atoms with Crippen molar-refractivity contribution in [3.8, 4) is 11.1 Å². The van der Waals surface area contributed by atoms with Crippen LogP contribution in [0.5, 0.6) is 0 Å². The summed E-state index contributed by atoms with van der Waals surface area (Å²) in [6.07, 6.45) is 13.5. The summed E-state index contributed by atoms with van der Waals surface area (Å²) in [5.74, 6) is 2.94. The lowest BCUT2D eigenvalue weighted by Gasteiger charge is -2.53. The van der Waals surface area contributed by atoms with Crippen LogP contribution in [0.3, 0.4) is 0 Å². The van der Waals surface area contributed by atoms with Gasteiger partial charge in [0.25, 0.3) is 0 Å². The van der Waals surface area contributed by atoms with Crippen LogP contribution in [0.2, 0.25) is 0 Å². The lowest BCUT2D eigenvalue weighted by Crippen LogP contribution is -3.00. The molecule has 0 atom stereocenters. The number of para-hydroxylation sites is 2. The molecule has 1 N–H and O–H groups in total. The first-order valence-corrected chi connectivity index (χ1v) is 11.3. The second-order valence-electron chi connectivity index (χ2n) is 10.0. The normalized spacial score (nSPS) is 29.4. The van der Waals surface area contributed by atoms with Crippen molar-refractivity contribution in [2.45, 2.75) is 44.1 Å².